The zero-order valence-electron chi connectivity index (χ0n) is 8.97. The van der Waals surface area contributed by atoms with E-state index in [4.69, 9.17) is 0 Å². The van der Waals surface area contributed by atoms with Crippen molar-refractivity contribution in [1.82, 2.24) is 10.2 Å². The molecule has 1 saturated carbocycles. The number of rotatable bonds is 1. The highest BCUT2D eigenvalue weighted by Crippen LogP contribution is 2.48. The van der Waals surface area contributed by atoms with Crippen LogP contribution in [0, 0.1) is 5.41 Å². The smallest absolute Gasteiger partial charge is 0.0153 e. The van der Waals surface area contributed by atoms with E-state index in [-0.39, 0.29) is 0 Å². The maximum atomic E-state index is 3.46. The van der Waals surface area contributed by atoms with Crippen molar-refractivity contribution in [2.45, 2.75) is 39.2 Å². The van der Waals surface area contributed by atoms with Crippen molar-refractivity contribution in [3.8, 4) is 0 Å². The van der Waals surface area contributed by atoms with Crippen LogP contribution in [0.1, 0.15) is 33.1 Å². The van der Waals surface area contributed by atoms with E-state index in [1.807, 2.05) is 0 Å². The maximum Gasteiger partial charge on any atom is 0.0153 e. The summed E-state index contributed by atoms with van der Waals surface area (Å²) < 4.78 is 0. The fourth-order valence-corrected chi connectivity index (χ4v) is 2.43. The molecular weight excluding hydrogens is 160 g/mol. The molecular formula is C11H22N2. The standard InChI is InChI=1S/C11H22N2/c1-11(2)9-10(11)13-7-3-5-12-6-4-8-13/h10,12H,3-9H2,1-2H3. The van der Waals surface area contributed by atoms with Gasteiger partial charge in [0.15, 0.2) is 0 Å². The average Bonchev–Trinajstić information content (AvgIpc) is 2.58. The molecule has 0 radical (unpaired) electrons. The molecule has 0 amide bonds. The summed E-state index contributed by atoms with van der Waals surface area (Å²) in [4.78, 5) is 2.71. The molecule has 1 unspecified atom stereocenters. The minimum Gasteiger partial charge on any atom is -0.317 e. The lowest BCUT2D eigenvalue weighted by molar-refractivity contribution is 0.219. The molecule has 0 aromatic heterocycles. The number of nitrogens with zero attached hydrogens (tertiary/aromatic N) is 1. The lowest BCUT2D eigenvalue weighted by Gasteiger charge is -2.26. The first-order chi connectivity index (χ1) is 6.20. The van der Waals surface area contributed by atoms with Gasteiger partial charge < -0.3 is 5.32 Å². The van der Waals surface area contributed by atoms with E-state index in [0.717, 1.165) is 6.04 Å². The van der Waals surface area contributed by atoms with Crippen molar-refractivity contribution in [3.05, 3.63) is 0 Å². The molecule has 0 aromatic rings. The molecule has 1 N–H and O–H groups in total. The topological polar surface area (TPSA) is 15.3 Å². The summed E-state index contributed by atoms with van der Waals surface area (Å²) >= 11 is 0. The van der Waals surface area contributed by atoms with Crippen LogP contribution in [0.3, 0.4) is 0 Å². The average molecular weight is 182 g/mol. The van der Waals surface area contributed by atoms with Crippen LogP contribution in [0.2, 0.25) is 0 Å². The predicted octanol–water partition coefficient (Wildman–Crippen LogP) is 1.47. The van der Waals surface area contributed by atoms with E-state index in [0.29, 0.717) is 5.41 Å². The second kappa shape index (κ2) is 3.58. The van der Waals surface area contributed by atoms with Gasteiger partial charge in [-0.05, 0) is 50.9 Å². The molecule has 2 nitrogen and oxygen atoms in total. The fraction of sp³-hybridized carbons (Fsp3) is 1.00. The quantitative estimate of drug-likeness (QED) is 0.660. The Hall–Kier alpha value is -0.0800. The molecule has 13 heavy (non-hydrogen) atoms. The van der Waals surface area contributed by atoms with Gasteiger partial charge in [-0.3, -0.25) is 4.90 Å². The highest BCUT2D eigenvalue weighted by atomic mass is 15.2. The second-order valence-electron chi connectivity index (χ2n) is 5.20. The highest BCUT2D eigenvalue weighted by molar-refractivity contribution is 5.02. The maximum absolute atomic E-state index is 3.46. The van der Waals surface area contributed by atoms with Crippen molar-refractivity contribution >= 4 is 0 Å². The minimum absolute atomic E-state index is 0.618. The molecule has 2 aliphatic rings. The van der Waals surface area contributed by atoms with Gasteiger partial charge in [0.1, 0.15) is 0 Å². The van der Waals surface area contributed by atoms with E-state index in [9.17, 15) is 0 Å². The van der Waals surface area contributed by atoms with Crippen LogP contribution in [0.25, 0.3) is 0 Å². The molecule has 1 atom stereocenters. The first kappa shape index (κ1) is 9.47. The minimum atomic E-state index is 0.618. The first-order valence-electron chi connectivity index (χ1n) is 5.65. The van der Waals surface area contributed by atoms with Crippen molar-refractivity contribution in [3.63, 3.8) is 0 Å². The number of nitrogens with one attached hydrogen (secondary N) is 1. The van der Waals surface area contributed by atoms with Crippen LogP contribution in [-0.4, -0.2) is 37.1 Å². The van der Waals surface area contributed by atoms with Gasteiger partial charge in [0.05, 0.1) is 0 Å². The third kappa shape index (κ3) is 2.23. The molecule has 0 aromatic carbocycles. The summed E-state index contributed by atoms with van der Waals surface area (Å²) in [7, 11) is 0. The third-order valence-corrected chi connectivity index (χ3v) is 3.50. The van der Waals surface area contributed by atoms with Crippen molar-refractivity contribution in [2.24, 2.45) is 5.41 Å². The van der Waals surface area contributed by atoms with Crippen molar-refractivity contribution in [1.29, 1.82) is 0 Å². The summed E-state index contributed by atoms with van der Waals surface area (Å²) in [6.07, 6.45) is 4.07. The van der Waals surface area contributed by atoms with Gasteiger partial charge in [0.2, 0.25) is 0 Å². The Balaban J connectivity index is 1.83. The highest BCUT2D eigenvalue weighted by Gasteiger charge is 2.48. The molecule has 2 fully saturated rings. The normalized spacial score (nSPS) is 35.1. The van der Waals surface area contributed by atoms with E-state index in [1.165, 1.54) is 45.4 Å². The van der Waals surface area contributed by atoms with Gasteiger partial charge in [-0.25, -0.2) is 0 Å². The molecule has 0 spiro atoms. The van der Waals surface area contributed by atoms with Gasteiger partial charge >= 0.3 is 0 Å². The van der Waals surface area contributed by atoms with E-state index < -0.39 is 0 Å². The molecule has 1 aliphatic heterocycles. The SMILES string of the molecule is CC1(C)CC1N1CCCNCCC1. The fourth-order valence-electron chi connectivity index (χ4n) is 2.43. The van der Waals surface area contributed by atoms with Crippen LogP contribution in [0.4, 0.5) is 0 Å². The van der Waals surface area contributed by atoms with Gasteiger partial charge in [-0.15, -0.1) is 0 Å². The third-order valence-electron chi connectivity index (χ3n) is 3.50. The Bertz CT molecular complexity index is 169. The summed E-state index contributed by atoms with van der Waals surface area (Å²) in [6.45, 7) is 9.83. The Morgan fingerprint density at radius 3 is 2.15 bits per heavy atom. The number of hydrogen-bond acceptors (Lipinski definition) is 2. The summed E-state index contributed by atoms with van der Waals surface area (Å²) in [5, 5.41) is 3.46. The van der Waals surface area contributed by atoms with Crippen LogP contribution >= 0.6 is 0 Å². The zero-order valence-corrected chi connectivity index (χ0v) is 8.97. The van der Waals surface area contributed by atoms with Gasteiger partial charge in [-0.1, -0.05) is 13.8 Å². The molecule has 1 aliphatic carbocycles. The summed E-state index contributed by atoms with van der Waals surface area (Å²) in [6, 6.07) is 0.894. The van der Waals surface area contributed by atoms with Crippen LogP contribution in [0.15, 0.2) is 0 Å². The van der Waals surface area contributed by atoms with Gasteiger partial charge in [0, 0.05) is 6.04 Å². The monoisotopic (exact) mass is 182 g/mol. The number of hydrogen-bond donors (Lipinski definition) is 1. The molecule has 76 valence electrons. The zero-order chi connectivity index (χ0) is 9.31. The second-order valence-corrected chi connectivity index (χ2v) is 5.20. The predicted molar refractivity (Wildman–Crippen MR) is 55.9 cm³/mol. The van der Waals surface area contributed by atoms with Crippen LogP contribution < -0.4 is 5.32 Å². The van der Waals surface area contributed by atoms with Gasteiger partial charge in [-0.2, -0.15) is 0 Å². The lowest BCUT2D eigenvalue weighted by Crippen LogP contribution is -2.36. The summed E-state index contributed by atoms with van der Waals surface area (Å²) in [5.74, 6) is 0. The molecule has 1 saturated heterocycles. The molecule has 1 heterocycles. The Morgan fingerprint density at radius 2 is 1.69 bits per heavy atom. The molecule has 0 bridgehead atoms. The Labute approximate surface area is 81.7 Å². The van der Waals surface area contributed by atoms with Crippen molar-refractivity contribution < 1.29 is 0 Å². The summed E-state index contributed by atoms with van der Waals surface area (Å²) in [5.41, 5.74) is 0.618. The lowest BCUT2D eigenvalue weighted by atomic mass is 10.1. The molecule has 2 heteroatoms. The van der Waals surface area contributed by atoms with Gasteiger partial charge in [0.25, 0.3) is 0 Å². The van der Waals surface area contributed by atoms with E-state index >= 15 is 0 Å². The first-order valence-corrected chi connectivity index (χ1v) is 5.65. The van der Waals surface area contributed by atoms with Crippen molar-refractivity contribution in [2.75, 3.05) is 26.2 Å². The van der Waals surface area contributed by atoms with Crippen LogP contribution in [-0.2, 0) is 0 Å². The van der Waals surface area contributed by atoms with Crippen LogP contribution in [0.5, 0.6) is 0 Å². The van der Waals surface area contributed by atoms with E-state index in [2.05, 4.69) is 24.1 Å². The van der Waals surface area contributed by atoms with E-state index in [1.54, 1.807) is 0 Å². The molecule has 2 rings (SSSR count). The largest absolute Gasteiger partial charge is 0.317 e. The Kier molecular flexibility index (Phi) is 2.61. The Morgan fingerprint density at radius 1 is 1.15 bits per heavy atom.